The van der Waals surface area contributed by atoms with E-state index in [2.05, 4.69) is 25.9 Å². The van der Waals surface area contributed by atoms with Crippen molar-refractivity contribution in [3.05, 3.63) is 14.7 Å². The minimum atomic E-state index is -0.603. The summed E-state index contributed by atoms with van der Waals surface area (Å²) in [6.45, 7) is 2.02. The van der Waals surface area contributed by atoms with E-state index in [1.54, 1.807) is 0 Å². The van der Waals surface area contributed by atoms with E-state index >= 15 is 0 Å². The van der Waals surface area contributed by atoms with Gasteiger partial charge in [0, 0.05) is 5.75 Å². The van der Waals surface area contributed by atoms with Crippen molar-refractivity contribution in [1.29, 1.82) is 0 Å². The fraction of sp³-hybridized carbons (Fsp3) is 0.429. The van der Waals surface area contributed by atoms with Crippen LogP contribution in [0.4, 0.5) is 11.5 Å². The lowest BCUT2D eigenvalue weighted by molar-refractivity contribution is -0.385. The molecule has 6 nitrogen and oxygen atoms in total. The maximum absolute atomic E-state index is 10.6. The highest BCUT2D eigenvalue weighted by atomic mass is 79.9. The van der Waals surface area contributed by atoms with Gasteiger partial charge < -0.3 is 5.73 Å². The summed E-state index contributed by atoms with van der Waals surface area (Å²) < 4.78 is 0.124. The number of rotatable bonds is 4. The van der Waals surface area contributed by atoms with Crippen LogP contribution in [0.3, 0.4) is 0 Å². The molecule has 0 saturated heterocycles. The highest BCUT2D eigenvalue weighted by molar-refractivity contribution is 9.10. The number of halogens is 1. The van der Waals surface area contributed by atoms with E-state index in [1.165, 1.54) is 11.8 Å². The first kappa shape index (κ1) is 12.2. The predicted molar refractivity (Wildman–Crippen MR) is 61.8 cm³/mol. The summed E-state index contributed by atoms with van der Waals surface area (Å²) in [5.41, 5.74) is 5.18. The Bertz CT molecular complexity index is 364. The minimum absolute atomic E-state index is 0.111. The van der Waals surface area contributed by atoms with Crippen LogP contribution in [-0.2, 0) is 0 Å². The smallest absolute Gasteiger partial charge is 0.343 e. The Kier molecular flexibility index (Phi) is 4.28. The second-order valence-corrected chi connectivity index (χ2v) is 4.45. The van der Waals surface area contributed by atoms with Gasteiger partial charge in [-0.2, -0.15) is 4.98 Å². The molecule has 1 aromatic heterocycles. The molecule has 0 unspecified atom stereocenters. The molecule has 1 rings (SSSR count). The second-order valence-electron chi connectivity index (χ2n) is 2.64. The SMILES string of the molecule is CCCSc1nc(N)c([N+](=O)[O-])c(Br)n1. The molecule has 0 aromatic carbocycles. The van der Waals surface area contributed by atoms with E-state index in [0.717, 1.165) is 12.2 Å². The van der Waals surface area contributed by atoms with Gasteiger partial charge in [0.1, 0.15) is 0 Å². The lowest BCUT2D eigenvalue weighted by Gasteiger charge is -2.02. The molecule has 0 fully saturated rings. The Morgan fingerprint density at radius 1 is 1.60 bits per heavy atom. The number of nitrogen functional groups attached to an aromatic ring is 1. The molecule has 0 saturated carbocycles. The number of nitro groups is 1. The molecule has 82 valence electrons. The van der Waals surface area contributed by atoms with Gasteiger partial charge in [0.2, 0.25) is 5.82 Å². The van der Waals surface area contributed by atoms with Crippen LogP contribution >= 0.6 is 27.7 Å². The molecule has 0 radical (unpaired) electrons. The number of anilines is 1. The maximum Gasteiger partial charge on any atom is 0.343 e. The van der Waals surface area contributed by atoms with Crippen LogP contribution in [-0.4, -0.2) is 20.6 Å². The van der Waals surface area contributed by atoms with E-state index in [1.807, 2.05) is 6.92 Å². The van der Waals surface area contributed by atoms with E-state index in [4.69, 9.17) is 5.73 Å². The monoisotopic (exact) mass is 292 g/mol. The van der Waals surface area contributed by atoms with Gasteiger partial charge >= 0.3 is 5.69 Å². The van der Waals surface area contributed by atoms with E-state index in [9.17, 15) is 10.1 Å². The van der Waals surface area contributed by atoms with Gasteiger partial charge in [0.15, 0.2) is 9.76 Å². The van der Waals surface area contributed by atoms with Gasteiger partial charge in [0.25, 0.3) is 0 Å². The fourth-order valence-electron chi connectivity index (χ4n) is 0.850. The van der Waals surface area contributed by atoms with Crippen LogP contribution in [0.2, 0.25) is 0 Å². The zero-order valence-electron chi connectivity index (χ0n) is 7.94. The van der Waals surface area contributed by atoms with Crippen LogP contribution in [0, 0.1) is 10.1 Å². The molecule has 0 atom stereocenters. The van der Waals surface area contributed by atoms with Crippen LogP contribution in [0.1, 0.15) is 13.3 Å². The molecule has 0 aliphatic rings. The molecule has 8 heteroatoms. The highest BCUT2D eigenvalue weighted by Crippen LogP contribution is 2.30. The van der Waals surface area contributed by atoms with Crippen molar-refractivity contribution >= 4 is 39.2 Å². The summed E-state index contributed by atoms with van der Waals surface area (Å²) in [6, 6.07) is 0. The second kappa shape index (κ2) is 5.26. The molecule has 0 bridgehead atoms. The first-order valence-electron chi connectivity index (χ1n) is 4.16. The Balaban J connectivity index is 3.03. The van der Waals surface area contributed by atoms with Gasteiger partial charge in [-0.3, -0.25) is 10.1 Å². The molecule has 0 amide bonds. The predicted octanol–water partition coefficient (Wildman–Crippen LogP) is 2.23. The number of nitrogens with two attached hydrogens (primary N) is 1. The molecular formula is C7H9BrN4O2S. The van der Waals surface area contributed by atoms with Crippen LogP contribution in [0.25, 0.3) is 0 Å². The van der Waals surface area contributed by atoms with Gasteiger partial charge in [-0.05, 0) is 22.4 Å². The average Bonchev–Trinajstić information content (AvgIpc) is 2.12. The third-order valence-corrected chi connectivity index (χ3v) is 3.07. The van der Waals surface area contributed by atoms with Gasteiger partial charge in [-0.15, -0.1) is 0 Å². The minimum Gasteiger partial charge on any atom is -0.378 e. The van der Waals surface area contributed by atoms with Crippen molar-refractivity contribution in [2.75, 3.05) is 11.5 Å². The standard InChI is InChI=1S/C7H9BrN4O2S/c1-2-3-15-7-10-5(8)4(12(13)14)6(9)11-7/h2-3H2,1H3,(H2,9,10,11). The summed E-state index contributed by atoms with van der Waals surface area (Å²) >= 11 is 4.42. The van der Waals surface area contributed by atoms with E-state index in [-0.39, 0.29) is 16.1 Å². The van der Waals surface area contributed by atoms with Crippen molar-refractivity contribution in [3.8, 4) is 0 Å². The molecule has 1 heterocycles. The van der Waals surface area contributed by atoms with Gasteiger partial charge in [0.05, 0.1) is 4.92 Å². The quantitative estimate of drug-likeness (QED) is 0.301. The largest absolute Gasteiger partial charge is 0.378 e. The Morgan fingerprint density at radius 3 is 2.73 bits per heavy atom. The van der Waals surface area contributed by atoms with Crippen molar-refractivity contribution in [1.82, 2.24) is 9.97 Å². The summed E-state index contributed by atoms with van der Waals surface area (Å²) in [4.78, 5) is 17.8. The Morgan fingerprint density at radius 2 is 2.27 bits per heavy atom. The van der Waals surface area contributed by atoms with Crippen molar-refractivity contribution < 1.29 is 4.92 Å². The molecule has 15 heavy (non-hydrogen) atoms. The summed E-state index contributed by atoms with van der Waals surface area (Å²) in [6.07, 6.45) is 0.975. The Hall–Kier alpha value is -0.890. The Labute approximate surface area is 98.9 Å². The third-order valence-electron chi connectivity index (χ3n) is 1.47. The van der Waals surface area contributed by atoms with E-state index < -0.39 is 4.92 Å². The topological polar surface area (TPSA) is 94.9 Å². The average molecular weight is 293 g/mol. The van der Waals surface area contributed by atoms with Crippen LogP contribution in [0.5, 0.6) is 0 Å². The third kappa shape index (κ3) is 3.03. The lowest BCUT2D eigenvalue weighted by Crippen LogP contribution is -2.03. The number of hydrogen-bond acceptors (Lipinski definition) is 6. The lowest BCUT2D eigenvalue weighted by atomic mass is 10.5. The molecular weight excluding hydrogens is 284 g/mol. The van der Waals surface area contributed by atoms with Crippen LogP contribution < -0.4 is 5.73 Å². The zero-order valence-corrected chi connectivity index (χ0v) is 10.3. The molecule has 1 aromatic rings. The fourth-order valence-corrected chi connectivity index (χ4v) is 2.19. The maximum atomic E-state index is 10.6. The molecule has 2 N–H and O–H groups in total. The zero-order chi connectivity index (χ0) is 11.4. The summed E-state index contributed by atoms with van der Waals surface area (Å²) in [5.74, 6) is 0.740. The van der Waals surface area contributed by atoms with Crippen LogP contribution in [0.15, 0.2) is 9.76 Å². The summed E-state index contributed by atoms with van der Waals surface area (Å²) in [5, 5.41) is 11.0. The molecule has 0 aliphatic heterocycles. The molecule has 0 spiro atoms. The van der Waals surface area contributed by atoms with Crippen molar-refractivity contribution in [3.63, 3.8) is 0 Å². The molecule has 0 aliphatic carbocycles. The normalized spacial score (nSPS) is 10.3. The first-order chi connectivity index (χ1) is 7.06. The first-order valence-corrected chi connectivity index (χ1v) is 5.94. The van der Waals surface area contributed by atoms with Gasteiger partial charge in [-0.1, -0.05) is 18.7 Å². The van der Waals surface area contributed by atoms with E-state index in [0.29, 0.717) is 5.16 Å². The van der Waals surface area contributed by atoms with Gasteiger partial charge in [-0.25, -0.2) is 4.98 Å². The van der Waals surface area contributed by atoms with Crippen molar-refractivity contribution in [2.24, 2.45) is 0 Å². The summed E-state index contributed by atoms with van der Waals surface area (Å²) in [7, 11) is 0. The highest BCUT2D eigenvalue weighted by Gasteiger charge is 2.20. The number of aromatic nitrogens is 2. The number of thioether (sulfide) groups is 1. The number of nitrogens with zero attached hydrogens (tertiary/aromatic N) is 3. The van der Waals surface area contributed by atoms with Crippen molar-refractivity contribution in [2.45, 2.75) is 18.5 Å². The number of hydrogen-bond donors (Lipinski definition) is 1.